The average molecular weight is 298 g/mol. The number of halogens is 1. The second-order valence-corrected chi connectivity index (χ2v) is 4.59. The molecular formula is C17H15FN2O2. The number of rotatable bonds is 5. The van der Waals surface area contributed by atoms with Gasteiger partial charge in [0.1, 0.15) is 31.4 Å². The molecule has 0 aliphatic carbocycles. The molecule has 0 aromatic heterocycles. The first kappa shape index (κ1) is 15.5. The lowest BCUT2D eigenvalue weighted by molar-refractivity contribution is 0.214. The Bertz CT molecular complexity index is 736. The van der Waals surface area contributed by atoms with Gasteiger partial charge in [0.05, 0.1) is 0 Å². The monoisotopic (exact) mass is 298 g/mol. The van der Waals surface area contributed by atoms with E-state index in [4.69, 9.17) is 10.00 Å². The summed E-state index contributed by atoms with van der Waals surface area (Å²) in [6, 6.07) is 13.8. The van der Waals surface area contributed by atoms with Gasteiger partial charge in [0.2, 0.25) is 0 Å². The Morgan fingerprint density at radius 3 is 2.73 bits per heavy atom. The van der Waals surface area contributed by atoms with Crippen molar-refractivity contribution in [2.75, 3.05) is 7.11 Å². The quantitative estimate of drug-likeness (QED) is 0.626. The normalized spacial score (nSPS) is 10.9. The maximum Gasteiger partial charge on any atom is 0.187 e. The number of hydrogen-bond acceptors (Lipinski definition) is 4. The number of nitriles is 1. The first-order valence-electron chi connectivity index (χ1n) is 6.64. The Labute approximate surface area is 128 Å². The minimum absolute atomic E-state index is 0.178. The number of benzene rings is 2. The lowest BCUT2D eigenvalue weighted by Gasteiger charge is -2.10. The van der Waals surface area contributed by atoms with Gasteiger partial charge >= 0.3 is 0 Å². The molecule has 4 nitrogen and oxygen atoms in total. The van der Waals surface area contributed by atoms with Crippen molar-refractivity contribution >= 4 is 5.71 Å². The molecule has 112 valence electrons. The zero-order valence-electron chi connectivity index (χ0n) is 12.3. The van der Waals surface area contributed by atoms with Crippen LogP contribution < -0.4 is 4.74 Å². The van der Waals surface area contributed by atoms with Gasteiger partial charge in [-0.2, -0.15) is 5.26 Å². The predicted octanol–water partition coefficient (Wildman–Crippen LogP) is 3.59. The van der Waals surface area contributed by atoms with E-state index < -0.39 is 0 Å². The highest BCUT2D eigenvalue weighted by Gasteiger charge is 2.10. The number of hydrogen-bond donors (Lipinski definition) is 0. The largest absolute Gasteiger partial charge is 0.489 e. The van der Waals surface area contributed by atoms with Crippen LogP contribution in [0.2, 0.25) is 0 Å². The maximum atomic E-state index is 13.2. The highest BCUT2D eigenvalue weighted by atomic mass is 19.1. The van der Waals surface area contributed by atoms with Crippen LogP contribution in [-0.2, 0) is 11.4 Å². The van der Waals surface area contributed by atoms with Crippen LogP contribution in [0.15, 0.2) is 47.6 Å². The van der Waals surface area contributed by atoms with Crippen LogP contribution in [0.5, 0.6) is 5.75 Å². The summed E-state index contributed by atoms with van der Waals surface area (Å²) in [5.41, 5.74) is 2.13. The van der Waals surface area contributed by atoms with Crippen LogP contribution in [0.3, 0.4) is 0 Å². The fraction of sp³-hybridized carbons (Fsp3) is 0.176. The molecule has 0 unspecified atom stereocenters. The Hall–Kier alpha value is -2.87. The minimum Gasteiger partial charge on any atom is -0.489 e. The molecule has 0 saturated carbocycles. The van der Waals surface area contributed by atoms with E-state index in [2.05, 4.69) is 9.99 Å². The van der Waals surface area contributed by atoms with Crippen molar-refractivity contribution in [1.29, 1.82) is 5.26 Å². The molecule has 0 fully saturated rings. The minimum atomic E-state index is -0.272. The van der Waals surface area contributed by atoms with E-state index in [0.717, 1.165) is 5.56 Å². The van der Waals surface area contributed by atoms with E-state index in [1.54, 1.807) is 25.1 Å². The van der Waals surface area contributed by atoms with Crippen molar-refractivity contribution in [3.8, 4) is 11.8 Å². The number of nitrogens with zero attached hydrogens (tertiary/aromatic N) is 2. The van der Waals surface area contributed by atoms with Gasteiger partial charge < -0.3 is 9.57 Å². The SMILES string of the molecule is CO/N=C(/C#N)c1ccccc1COc1ccc(F)c(C)c1. The van der Waals surface area contributed by atoms with Gasteiger partial charge in [-0.25, -0.2) is 4.39 Å². The van der Waals surface area contributed by atoms with E-state index in [1.165, 1.54) is 13.2 Å². The molecular weight excluding hydrogens is 283 g/mol. The van der Waals surface area contributed by atoms with Crippen molar-refractivity contribution in [2.45, 2.75) is 13.5 Å². The van der Waals surface area contributed by atoms with Crippen molar-refractivity contribution in [2.24, 2.45) is 5.16 Å². The zero-order chi connectivity index (χ0) is 15.9. The smallest absolute Gasteiger partial charge is 0.187 e. The Kier molecular flexibility index (Phi) is 5.10. The fourth-order valence-electron chi connectivity index (χ4n) is 1.97. The van der Waals surface area contributed by atoms with Crippen LogP contribution in [-0.4, -0.2) is 12.8 Å². The first-order valence-corrected chi connectivity index (χ1v) is 6.64. The van der Waals surface area contributed by atoms with Gasteiger partial charge in [-0.3, -0.25) is 0 Å². The summed E-state index contributed by atoms with van der Waals surface area (Å²) >= 11 is 0. The summed E-state index contributed by atoms with van der Waals surface area (Å²) in [5.74, 6) is 0.294. The van der Waals surface area contributed by atoms with Crippen LogP contribution in [0, 0.1) is 24.1 Å². The molecule has 0 heterocycles. The zero-order valence-corrected chi connectivity index (χ0v) is 12.3. The molecule has 0 N–H and O–H groups in total. The van der Waals surface area contributed by atoms with Crippen LogP contribution in [0.4, 0.5) is 4.39 Å². The molecule has 0 spiro atoms. The molecule has 0 aliphatic rings. The van der Waals surface area contributed by atoms with Gasteiger partial charge in [-0.15, -0.1) is 0 Å². The molecule has 0 aliphatic heterocycles. The third-order valence-corrected chi connectivity index (χ3v) is 3.08. The number of ether oxygens (including phenoxy) is 1. The van der Waals surface area contributed by atoms with Crippen LogP contribution in [0.25, 0.3) is 0 Å². The summed E-state index contributed by atoms with van der Waals surface area (Å²) in [4.78, 5) is 4.68. The van der Waals surface area contributed by atoms with Crippen molar-refractivity contribution in [3.63, 3.8) is 0 Å². The van der Waals surface area contributed by atoms with Crippen LogP contribution >= 0.6 is 0 Å². The van der Waals surface area contributed by atoms with Gasteiger partial charge in [-0.1, -0.05) is 29.4 Å². The average Bonchev–Trinajstić information content (AvgIpc) is 2.54. The summed E-state index contributed by atoms with van der Waals surface area (Å²) in [5, 5.41) is 12.8. The van der Waals surface area contributed by atoms with Gasteiger partial charge in [0.25, 0.3) is 0 Å². The number of aryl methyl sites for hydroxylation is 1. The third kappa shape index (κ3) is 3.61. The molecule has 2 aromatic carbocycles. The highest BCUT2D eigenvalue weighted by Crippen LogP contribution is 2.19. The van der Waals surface area contributed by atoms with Crippen molar-refractivity contribution in [3.05, 3.63) is 65.0 Å². The third-order valence-electron chi connectivity index (χ3n) is 3.08. The lowest BCUT2D eigenvalue weighted by atomic mass is 10.0. The van der Waals surface area contributed by atoms with Crippen LogP contribution in [0.1, 0.15) is 16.7 Å². The summed E-state index contributed by atoms with van der Waals surface area (Å²) < 4.78 is 18.9. The molecule has 0 radical (unpaired) electrons. The predicted molar refractivity (Wildman–Crippen MR) is 81.1 cm³/mol. The Morgan fingerprint density at radius 1 is 1.27 bits per heavy atom. The molecule has 2 aromatic rings. The van der Waals surface area contributed by atoms with E-state index in [9.17, 15) is 4.39 Å². The van der Waals surface area contributed by atoms with Gasteiger partial charge in [0.15, 0.2) is 5.71 Å². The Balaban J connectivity index is 2.21. The lowest BCUT2D eigenvalue weighted by Crippen LogP contribution is -2.06. The molecule has 22 heavy (non-hydrogen) atoms. The molecule has 0 bridgehead atoms. The van der Waals surface area contributed by atoms with Gasteiger partial charge in [-0.05, 0) is 36.2 Å². The fourth-order valence-corrected chi connectivity index (χ4v) is 1.97. The topological polar surface area (TPSA) is 54.6 Å². The van der Waals surface area contributed by atoms with E-state index >= 15 is 0 Å². The maximum absolute atomic E-state index is 13.2. The molecule has 5 heteroatoms. The molecule has 0 amide bonds. The van der Waals surface area contributed by atoms with Gasteiger partial charge in [0, 0.05) is 5.56 Å². The van der Waals surface area contributed by atoms with E-state index in [0.29, 0.717) is 16.9 Å². The van der Waals surface area contributed by atoms with E-state index in [1.807, 2.05) is 24.3 Å². The molecule has 0 atom stereocenters. The second-order valence-electron chi connectivity index (χ2n) is 4.59. The van der Waals surface area contributed by atoms with Crippen molar-refractivity contribution in [1.82, 2.24) is 0 Å². The molecule has 2 rings (SSSR count). The summed E-state index contributed by atoms with van der Waals surface area (Å²) in [6.45, 7) is 1.92. The van der Waals surface area contributed by atoms with Crippen molar-refractivity contribution < 1.29 is 14.0 Å². The Morgan fingerprint density at radius 2 is 2.05 bits per heavy atom. The van der Waals surface area contributed by atoms with E-state index in [-0.39, 0.29) is 18.1 Å². The summed E-state index contributed by atoms with van der Waals surface area (Å²) in [7, 11) is 1.39. The summed E-state index contributed by atoms with van der Waals surface area (Å²) in [6.07, 6.45) is 0. The highest BCUT2D eigenvalue weighted by molar-refractivity contribution is 6.12. The molecule has 0 saturated heterocycles. The number of oxime groups is 1. The second kappa shape index (κ2) is 7.23. The standard InChI is InChI=1S/C17H15FN2O2/c1-12-9-14(7-8-16(12)18)22-11-13-5-3-4-6-15(13)17(10-19)20-21-2/h3-9H,11H2,1-2H3/b20-17-. The first-order chi connectivity index (χ1) is 10.7.